The van der Waals surface area contributed by atoms with Gasteiger partial charge in [0, 0.05) is 12.2 Å². The van der Waals surface area contributed by atoms with Gasteiger partial charge in [-0.25, -0.2) is 0 Å². The van der Waals surface area contributed by atoms with E-state index in [1.807, 2.05) is 4.68 Å². The van der Waals surface area contributed by atoms with Crippen molar-refractivity contribution >= 4 is 5.91 Å². The van der Waals surface area contributed by atoms with Gasteiger partial charge < -0.3 is 5.32 Å². The van der Waals surface area contributed by atoms with Gasteiger partial charge in [-0.05, 0) is 43.6 Å². The van der Waals surface area contributed by atoms with Crippen LogP contribution in [0, 0.1) is 5.92 Å². The molecule has 0 bridgehead atoms. The monoisotopic (exact) mass is 289 g/mol. The molecule has 1 heterocycles. The van der Waals surface area contributed by atoms with E-state index in [2.05, 4.69) is 23.5 Å². The molecule has 1 fully saturated rings. The third-order valence-electron chi connectivity index (χ3n) is 4.89. The second kappa shape index (κ2) is 6.63. The highest BCUT2D eigenvalue weighted by molar-refractivity contribution is 5.76. The normalized spacial score (nSPS) is 23.4. The number of carbonyl (C=O) groups excluding carboxylic acids is 1. The van der Waals surface area contributed by atoms with Crippen LogP contribution >= 0.6 is 0 Å². The van der Waals surface area contributed by atoms with Crippen LogP contribution in [-0.4, -0.2) is 21.7 Å². The van der Waals surface area contributed by atoms with Crippen molar-refractivity contribution < 1.29 is 4.79 Å². The number of hydrogen-bond donors (Lipinski definition) is 1. The SMILES string of the molecule is CC1CCc2nn(CC(=O)NC3CCCCCC3)cc2C1. The molecule has 1 aromatic heterocycles. The van der Waals surface area contributed by atoms with Crippen molar-refractivity contribution in [2.75, 3.05) is 0 Å². The van der Waals surface area contributed by atoms with Gasteiger partial charge in [0.25, 0.3) is 0 Å². The Balaban J connectivity index is 1.55. The number of amides is 1. The second-order valence-corrected chi connectivity index (χ2v) is 6.90. The highest BCUT2D eigenvalue weighted by Gasteiger charge is 2.20. The predicted molar refractivity (Wildman–Crippen MR) is 83.0 cm³/mol. The lowest BCUT2D eigenvalue weighted by Crippen LogP contribution is -2.36. The van der Waals surface area contributed by atoms with Crippen molar-refractivity contribution in [3.63, 3.8) is 0 Å². The summed E-state index contributed by atoms with van der Waals surface area (Å²) in [5.74, 6) is 0.866. The first-order chi connectivity index (χ1) is 10.2. The number of fused-ring (bicyclic) bond motifs is 1. The van der Waals surface area contributed by atoms with E-state index in [4.69, 9.17) is 0 Å². The van der Waals surface area contributed by atoms with Gasteiger partial charge in [-0.15, -0.1) is 0 Å². The highest BCUT2D eigenvalue weighted by Crippen LogP contribution is 2.24. The molecule has 1 saturated carbocycles. The first kappa shape index (κ1) is 14.6. The van der Waals surface area contributed by atoms with Gasteiger partial charge in [-0.2, -0.15) is 5.10 Å². The van der Waals surface area contributed by atoms with Gasteiger partial charge >= 0.3 is 0 Å². The molecule has 0 spiro atoms. The average molecular weight is 289 g/mol. The zero-order valence-corrected chi connectivity index (χ0v) is 13.1. The summed E-state index contributed by atoms with van der Waals surface area (Å²) in [6.07, 6.45) is 12.9. The van der Waals surface area contributed by atoms with Gasteiger partial charge in [0.2, 0.25) is 5.91 Å². The first-order valence-electron chi connectivity index (χ1n) is 8.55. The zero-order valence-electron chi connectivity index (χ0n) is 13.1. The number of aromatic nitrogens is 2. The molecule has 1 amide bonds. The molecule has 0 radical (unpaired) electrons. The third-order valence-corrected chi connectivity index (χ3v) is 4.89. The highest BCUT2D eigenvalue weighted by atomic mass is 16.2. The summed E-state index contributed by atoms with van der Waals surface area (Å²) in [4.78, 5) is 12.2. The minimum absolute atomic E-state index is 0.120. The maximum atomic E-state index is 12.2. The van der Waals surface area contributed by atoms with Crippen LogP contribution in [0.4, 0.5) is 0 Å². The molecule has 4 nitrogen and oxygen atoms in total. The van der Waals surface area contributed by atoms with E-state index in [1.54, 1.807) is 0 Å². The average Bonchev–Trinajstić information content (AvgIpc) is 2.66. The molecule has 0 aliphatic heterocycles. The molecule has 0 saturated heterocycles. The van der Waals surface area contributed by atoms with E-state index in [-0.39, 0.29) is 5.91 Å². The second-order valence-electron chi connectivity index (χ2n) is 6.90. The standard InChI is InChI=1S/C17H27N3O/c1-13-8-9-16-14(10-13)11-20(19-16)12-17(21)18-15-6-4-2-3-5-7-15/h11,13,15H,2-10,12H2,1H3,(H,18,21). The fourth-order valence-corrected chi connectivity index (χ4v) is 3.67. The Morgan fingerprint density at radius 3 is 2.81 bits per heavy atom. The summed E-state index contributed by atoms with van der Waals surface area (Å²) >= 11 is 0. The van der Waals surface area contributed by atoms with Crippen LogP contribution in [0.3, 0.4) is 0 Å². The Kier molecular flexibility index (Phi) is 4.61. The lowest BCUT2D eigenvalue weighted by atomic mass is 9.89. The molecule has 1 aromatic rings. The molecule has 1 N–H and O–H groups in total. The van der Waals surface area contributed by atoms with Crippen LogP contribution in [0.2, 0.25) is 0 Å². The molecule has 116 valence electrons. The quantitative estimate of drug-likeness (QED) is 0.870. The molecule has 3 rings (SSSR count). The molecule has 21 heavy (non-hydrogen) atoms. The van der Waals surface area contributed by atoms with Crippen LogP contribution in [0.25, 0.3) is 0 Å². The number of nitrogens with zero attached hydrogens (tertiary/aromatic N) is 2. The first-order valence-corrected chi connectivity index (χ1v) is 8.55. The molecular weight excluding hydrogens is 262 g/mol. The van der Waals surface area contributed by atoms with E-state index in [0.717, 1.165) is 31.6 Å². The molecule has 1 unspecified atom stereocenters. The summed E-state index contributed by atoms with van der Waals surface area (Å²) in [7, 11) is 0. The van der Waals surface area contributed by atoms with Crippen molar-refractivity contribution in [1.82, 2.24) is 15.1 Å². The van der Waals surface area contributed by atoms with Gasteiger partial charge in [0.1, 0.15) is 6.54 Å². The topological polar surface area (TPSA) is 46.9 Å². The Morgan fingerprint density at radius 2 is 2.05 bits per heavy atom. The van der Waals surface area contributed by atoms with E-state index < -0.39 is 0 Å². The van der Waals surface area contributed by atoms with Crippen molar-refractivity contribution in [2.45, 2.75) is 77.3 Å². The number of rotatable bonds is 3. The Bertz CT molecular complexity index is 486. The lowest BCUT2D eigenvalue weighted by molar-refractivity contribution is -0.122. The fraction of sp³-hybridized carbons (Fsp3) is 0.765. The summed E-state index contributed by atoms with van der Waals surface area (Å²) in [6.45, 7) is 2.66. The van der Waals surface area contributed by atoms with Crippen LogP contribution in [0.1, 0.15) is 63.1 Å². The predicted octanol–water partition coefficient (Wildman–Crippen LogP) is 2.85. The largest absolute Gasteiger partial charge is 0.352 e. The molecule has 1 atom stereocenters. The maximum Gasteiger partial charge on any atom is 0.241 e. The molecule has 2 aliphatic carbocycles. The lowest BCUT2D eigenvalue weighted by Gasteiger charge is -2.16. The van der Waals surface area contributed by atoms with Crippen molar-refractivity contribution in [1.29, 1.82) is 0 Å². The van der Waals surface area contributed by atoms with Gasteiger partial charge in [0.15, 0.2) is 0 Å². The summed E-state index contributed by atoms with van der Waals surface area (Å²) < 4.78 is 1.84. The van der Waals surface area contributed by atoms with E-state index in [1.165, 1.54) is 43.4 Å². The smallest absolute Gasteiger partial charge is 0.241 e. The van der Waals surface area contributed by atoms with E-state index in [0.29, 0.717) is 12.6 Å². The van der Waals surface area contributed by atoms with Crippen molar-refractivity contribution in [3.8, 4) is 0 Å². The Hall–Kier alpha value is -1.32. The van der Waals surface area contributed by atoms with Gasteiger partial charge in [-0.1, -0.05) is 32.6 Å². The molecule has 2 aliphatic rings. The van der Waals surface area contributed by atoms with Crippen LogP contribution < -0.4 is 5.32 Å². The Labute approximate surface area is 127 Å². The van der Waals surface area contributed by atoms with Crippen LogP contribution in [0.15, 0.2) is 6.20 Å². The fourth-order valence-electron chi connectivity index (χ4n) is 3.67. The number of nitrogens with one attached hydrogen (secondary N) is 1. The maximum absolute atomic E-state index is 12.2. The number of hydrogen-bond acceptors (Lipinski definition) is 2. The summed E-state index contributed by atoms with van der Waals surface area (Å²) in [6, 6.07) is 0.380. The van der Waals surface area contributed by atoms with Gasteiger partial charge in [0.05, 0.1) is 5.69 Å². The molecular formula is C17H27N3O. The minimum atomic E-state index is 0.120. The van der Waals surface area contributed by atoms with Crippen molar-refractivity contribution in [2.24, 2.45) is 5.92 Å². The van der Waals surface area contributed by atoms with Crippen LogP contribution in [-0.2, 0) is 24.2 Å². The number of aryl methyl sites for hydroxylation is 1. The summed E-state index contributed by atoms with van der Waals surface area (Å²) in [5.41, 5.74) is 2.55. The molecule has 4 heteroatoms. The summed E-state index contributed by atoms with van der Waals surface area (Å²) in [5, 5.41) is 7.79. The van der Waals surface area contributed by atoms with E-state index in [9.17, 15) is 4.79 Å². The Morgan fingerprint density at radius 1 is 1.29 bits per heavy atom. The van der Waals surface area contributed by atoms with E-state index >= 15 is 0 Å². The van der Waals surface area contributed by atoms with Crippen molar-refractivity contribution in [3.05, 3.63) is 17.5 Å². The number of carbonyl (C=O) groups is 1. The minimum Gasteiger partial charge on any atom is -0.352 e. The zero-order chi connectivity index (χ0) is 14.7. The van der Waals surface area contributed by atoms with Gasteiger partial charge in [-0.3, -0.25) is 9.48 Å². The van der Waals surface area contributed by atoms with Crippen LogP contribution in [0.5, 0.6) is 0 Å². The third kappa shape index (κ3) is 3.86. The molecule has 0 aromatic carbocycles.